The Kier molecular flexibility index (Phi) is 5.54. The summed E-state index contributed by atoms with van der Waals surface area (Å²) >= 11 is 4.48. The molecular weight excluding hydrogens is 342 g/mol. The van der Waals surface area contributed by atoms with Gasteiger partial charge in [0.25, 0.3) is 0 Å². The minimum Gasteiger partial charge on any atom is -0.373 e. The molecule has 0 aromatic carbocycles. The molecule has 5 nitrogen and oxygen atoms in total. The van der Waals surface area contributed by atoms with Crippen LogP contribution in [-0.2, 0) is 0 Å². The third-order valence-corrected chi connectivity index (χ3v) is 5.29. The van der Waals surface area contributed by atoms with Gasteiger partial charge in [-0.05, 0) is 39.9 Å². The van der Waals surface area contributed by atoms with E-state index in [0.717, 1.165) is 31.6 Å². The summed E-state index contributed by atoms with van der Waals surface area (Å²) in [5.74, 6) is 0.271. The van der Waals surface area contributed by atoms with Crippen LogP contribution in [0.3, 0.4) is 0 Å². The first-order chi connectivity index (χ1) is 9.51. The van der Waals surface area contributed by atoms with Crippen molar-refractivity contribution in [3.05, 3.63) is 10.6 Å². The van der Waals surface area contributed by atoms with Gasteiger partial charge in [0.2, 0.25) is 0 Å². The number of aliphatic hydroxyl groups excluding tert-OH is 1. The van der Waals surface area contributed by atoms with Crippen molar-refractivity contribution in [3.8, 4) is 0 Å². The minimum absolute atomic E-state index is 0.0295. The highest BCUT2D eigenvalue weighted by molar-refractivity contribution is 9.09. The molecule has 0 radical (unpaired) electrons. The number of alkyl halides is 1. The average Bonchev–Trinajstić information content (AvgIpc) is 2.79. The number of ketones is 1. The highest BCUT2D eigenvalue weighted by atomic mass is 79.9. The molecule has 0 aliphatic carbocycles. The van der Waals surface area contributed by atoms with Crippen LogP contribution < -0.4 is 5.32 Å². The fraction of sp³-hybridized carbons (Fsp3) is 0.692. The molecule has 0 spiro atoms. The number of likely N-dealkylation sites (tertiary alicyclic amines) is 1. The van der Waals surface area contributed by atoms with E-state index in [1.54, 1.807) is 0 Å². The lowest BCUT2D eigenvalue weighted by Gasteiger charge is -2.31. The Hall–Kier alpha value is -0.500. The van der Waals surface area contributed by atoms with E-state index in [2.05, 4.69) is 38.2 Å². The van der Waals surface area contributed by atoms with E-state index < -0.39 is 6.23 Å². The molecule has 0 amide bonds. The number of thiazole rings is 1. The van der Waals surface area contributed by atoms with Gasteiger partial charge in [0.15, 0.2) is 10.9 Å². The number of nitrogens with one attached hydrogen (secondary N) is 1. The number of rotatable bonds is 5. The Morgan fingerprint density at radius 1 is 1.60 bits per heavy atom. The first kappa shape index (κ1) is 15.9. The summed E-state index contributed by atoms with van der Waals surface area (Å²) in [5, 5.41) is 14.2. The zero-order chi connectivity index (χ0) is 14.7. The van der Waals surface area contributed by atoms with Crippen molar-refractivity contribution in [1.82, 2.24) is 9.88 Å². The number of piperidine rings is 1. The highest BCUT2D eigenvalue weighted by Gasteiger charge is 2.25. The molecule has 2 N–H and O–H groups in total. The van der Waals surface area contributed by atoms with Crippen molar-refractivity contribution >= 4 is 38.2 Å². The summed E-state index contributed by atoms with van der Waals surface area (Å²) in [6, 6.07) is 0. The molecule has 1 fully saturated rings. The van der Waals surface area contributed by atoms with Crippen LogP contribution in [0.5, 0.6) is 0 Å². The summed E-state index contributed by atoms with van der Waals surface area (Å²) in [6.07, 6.45) is 1.35. The van der Waals surface area contributed by atoms with Crippen molar-refractivity contribution in [1.29, 1.82) is 0 Å². The molecule has 20 heavy (non-hydrogen) atoms. The van der Waals surface area contributed by atoms with E-state index in [0.29, 0.717) is 15.3 Å². The third kappa shape index (κ3) is 3.78. The number of hydrogen-bond acceptors (Lipinski definition) is 6. The number of aromatic nitrogens is 1. The van der Waals surface area contributed by atoms with Crippen molar-refractivity contribution in [2.75, 3.05) is 30.8 Å². The SMILES string of the molecule is Cc1nc(NC(O)C2CCN(C)CC2)sc1C(=O)CBr. The second kappa shape index (κ2) is 6.98. The van der Waals surface area contributed by atoms with Crippen LogP contribution in [0.2, 0.25) is 0 Å². The predicted octanol–water partition coefficient (Wildman–Crippen LogP) is 2.10. The largest absolute Gasteiger partial charge is 0.373 e. The zero-order valence-corrected chi connectivity index (χ0v) is 14.1. The van der Waals surface area contributed by atoms with Crippen molar-refractivity contribution in [3.63, 3.8) is 0 Å². The van der Waals surface area contributed by atoms with Gasteiger partial charge in [-0.25, -0.2) is 4.98 Å². The summed E-state index contributed by atoms with van der Waals surface area (Å²) in [6.45, 7) is 3.83. The number of anilines is 1. The first-order valence-electron chi connectivity index (χ1n) is 6.71. The van der Waals surface area contributed by atoms with Crippen LogP contribution in [0.4, 0.5) is 5.13 Å². The molecule has 1 aromatic heterocycles. The minimum atomic E-state index is -0.596. The molecule has 1 unspecified atom stereocenters. The van der Waals surface area contributed by atoms with Gasteiger partial charge in [0.1, 0.15) is 6.23 Å². The van der Waals surface area contributed by atoms with Crippen LogP contribution in [0, 0.1) is 12.8 Å². The molecule has 2 rings (SSSR count). The summed E-state index contributed by atoms with van der Waals surface area (Å²) in [7, 11) is 2.10. The van der Waals surface area contributed by atoms with Crippen LogP contribution in [-0.4, -0.2) is 52.5 Å². The fourth-order valence-corrected chi connectivity index (χ4v) is 3.77. The van der Waals surface area contributed by atoms with Gasteiger partial charge in [-0.3, -0.25) is 4.79 Å². The van der Waals surface area contributed by atoms with Gasteiger partial charge in [0.05, 0.1) is 15.9 Å². The van der Waals surface area contributed by atoms with E-state index >= 15 is 0 Å². The van der Waals surface area contributed by atoms with E-state index in [1.807, 2.05) is 6.92 Å². The van der Waals surface area contributed by atoms with Gasteiger partial charge < -0.3 is 15.3 Å². The highest BCUT2D eigenvalue weighted by Crippen LogP contribution is 2.27. The normalized spacial score (nSPS) is 19.0. The number of aryl methyl sites for hydroxylation is 1. The van der Waals surface area contributed by atoms with Crippen molar-refractivity contribution < 1.29 is 9.90 Å². The van der Waals surface area contributed by atoms with E-state index in [-0.39, 0.29) is 11.7 Å². The zero-order valence-electron chi connectivity index (χ0n) is 11.7. The number of carbonyl (C=O) groups excluding carboxylic acids is 1. The maximum atomic E-state index is 11.7. The number of nitrogens with zero attached hydrogens (tertiary/aromatic N) is 2. The summed E-state index contributed by atoms with van der Waals surface area (Å²) < 4.78 is 0. The van der Waals surface area contributed by atoms with Gasteiger partial charge in [-0.1, -0.05) is 27.3 Å². The molecule has 1 aromatic rings. The number of hydrogen-bond donors (Lipinski definition) is 2. The van der Waals surface area contributed by atoms with Crippen molar-refractivity contribution in [2.45, 2.75) is 26.0 Å². The lowest BCUT2D eigenvalue weighted by atomic mass is 9.95. The van der Waals surface area contributed by atoms with Gasteiger partial charge >= 0.3 is 0 Å². The number of halogens is 1. The smallest absolute Gasteiger partial charge is 0.185 e. The lowest BCUT2D eigenvalue weighted by molar-refractivity contribution is 0.0860. The molecular formula is C13H20BrN3O2S. The second-order valence-corrected chi connectivity index (χ2v) is 6.78. The molecule has 0 saturated carbocycles. The molecule has 0 bridgehead atoms. The van der Waals surface area contributed by atoms with E-state index in [1.165, 1.54) is 11.3 Å². The summed E-state index contributed by atoms with van der Waals surface area (Å²) in [4.78, 5) is 18.9. The molecule has 1 saturated heterocycles. The monoisotopic (exact) mass is 361 g/mol. The molecule has 1 atom stereocenters. The first-order valence-corrected chi connectivity index (χ1v) is 8.64. The molecule has 1 aliphatic rings. The second-order valence-electron chi connectivity index (χ2n) is 5.22. The van der Waals surface area contributed by atoms with Gasteiger partial charge in [0, 0.05) is 5.92 Å². The van der Waals surface area contributed by atoms with E-state index in [4.69, 9.17) is 0 Å². The van der Waals surface area contributed by atoms with Crippen molar-refractivity contribution in [2.24, 2.45) is 5.92 Å². The molecule has 7 heteroatoms. The third-order valence-electron chi connectivity index (χ3n) is 3.65. The molecule has 112 valence electrons. The Bertz CT molecular complexity index is 472. The van der Waals surface area contributed by atoms with Gasteiger partial charge in [-0.2, -0.15) is 0 Å². The predicted molar refractivity (Wildman–Crippen MR) is 84.8 cm³/mol. The topological polar surface area (TPSA) is 65.5 Å². The van der Waals surface area contributed by atoms with E-state index in [9.17, 15) is 9.90 Å². The Balaban J connectivity index is 1.97. The fourth-order valence-electron chi connectivity index (χ4n) is 2.37. The standard InChI is InChI=1S/C13H20BrN3O2S/c1-8-11(10(18)7-14)20-13(15-8)16-12(19)9-3-5-17(2)6-4-9/h9,12,19H,3-7H2,1-2H3,(H,15,16). The lowest BCUT2D eigenvalue weighted by Crippen LogP contribution is -2.38. The average molecular weight is 362 g/mol. The Labute approximate surface area is 131 Å². The summed E-state index contributed by atoms with van der Waals surface area (Å²) in [5.41, 5.74) is 0.720. The Morgan fingerprint density at radius 2 is 2.25 bits per heavy atom. The van der Waals surface area contributed by atoms with Crippen LogP contribution in [0.1, 0.15) is 28.2 Å². The maximum Gasteiger partial charge on any atom is 0.185 e. The van der Waals surface area contributed by atoms with Crippen LogP contribution in [0.25, 0.3) is 0 Å². The maximum absolute atomic E-state index is 11.7. The van der Waals surface area contributed by atoms with Crippen LogP contribution in [0.15, 0.2) is 0 Å². The number of aliphatic hydroxyl groups is 1. The van der Waals surface area contributed by atoms with Gasteiger partial charge in [-0.15, -0.1) is 0 Å². The molecule has 2 heterocycles. The quantitative estimate of drug-likeness (QED) is 0.477. The van der Waals surface area contributed by atoms with Crippen LogP contribution >= 0.6 is 27.3 Å². The number of Topliss-reactive ketones (excluding diaryl/α,β-unsaturated/α-hetero) is 1. The number of carbonyl (C=O) groups is 1. The Morgan fingerprint density at radius 3 is 2.85 bits per heavy atom. The molecule has 1 aliphatic heterocycles.